The van der Waals surface area contributed by atoms with Crippen LogP contribution in [0, 0.1) is 23.7 Å². The standard InChI is InChI=1S/C38H69NO13/c1-15-26-38(10,45)31(42)21(4)28(40)19(2)17-37(9,47-14)33(52-35-29(41)25(39(11)12)16-20(3)48-35)22(5)30(23(6)34(44)50-26)51-27-18-36(8,46-13)32(43)24(7)49-27/h19-27,29-33,35,41-43,45H,15-18H2,1-14H3/t19?,20?,21-,22?,23?,24?,25?,26?,27+,29?,30+,31?,32?,33-,35+,36-,37+,38-/m1/s1. The van der Waals surface area contributed by atoms with Crippen molar-refractivity contribution in [1.82, 2.24) is 4.90 Å². The Morgan fingerprint density at radius 1 is 0.846 bits per heavy atom. The molecule has 3 aliphatic rings. The highest BCUT2D eigenvalue weighted by Gasteiger charge is 2.54. The molecule has 4 N–H and O–H groups in total. The summed E-state index contributed by atoms with van der Waals surface area (Å²) in [6.07, 6.45) is -8.73. The van der Waals surface area contributed by atoms with Gasteiger partial charge in [-0.05, 0) is 74.9 Å². The van der Waals surface area contributed by atoms with Crippen molar-refractivity contribution in [3.63, 3.8) is 0 Å². The van der Waals surface area contributed by atoms with E-state index < -0.39 is 102 Å². The van der Waals surface area contributed by atoms with Gasteiger partial charge in [-0.3, -0.25) is 9.59 Å². The van der Waals surface area contributed by atoms with Crippen molar-refractivity contribution < 1.29 is 63.2 Å². The summed E-state index contributed by atoms with van der Waals surface area (Å²) in [6.45, 7) is 17.1. The van der Waals surface area contributed by atoms with Crippen LogP contribution in [0.5, 0.6) is 0 Å². The van der Waals surface area contributed by atoms with E-state index in [1.165, 1.54) is 21.1 Å². The normalized spacial score (nSPS) is 49.0. The Labute approximate surface area is 310 Å². The highest BCUT2D eigenvalue weighted by Crippen LogP contribution is 2.41. The SMILES string of the molecule is CCC1OC(=O)C(C)[C@@H](O[C@H]2C[C@@](C)(OC)C(O)C(C)O2)C(C)[C@@H](O[C@@H]2OC(C)CC(N(C)C)C2O)[C@@](C)(OC)CC(C)C(=O)[C@@H](C)C(O)[C@]1(C)O. The lowest BCUT2D eigenvalue weighted by Crippen LogP contribution is -2.61. The van der Waals surface area contributed by atoms with Crippen molar-refractivity contribution in [3.05, 3.63) is 0 Å². The number of nitrogens with zero attached hydrogens (tertiary/aromatic N) is 1. The molecule has 14 heteroatoms. The number of ketones is 1. The minimum absolute atomic E-state index is 0.111. The molecule has 3 heterocycles. The Morgan fingerprint density at radius 2 is 1.44 bits per heavy atom. The molecule has 3 aliphatic heterocycles. The van der Waals surface area contributed by atoms with Crippen molar-refractivity contribution in [2.75, 3.05) is 28.3 Å². The molecule has 0 saturated carbocycles. The van der Waals surface area contributed by atoms with Crippen LogP contribution in [0.3, 0.4) is 0 Å². The van der Waals surface area contributed by atoms with Crippen molar-refractivity contribution in [1.29, 1.82) is 0 Å². The first-order valence-electron chi connectivity index (χ1n) is 18.9. The number of carbonyl (C=O) groups excluding carboxylic acids is 2. The molecule has 3 fully saturated rings. The molecular weight excluding hydrogens is 678 g/mol. The van der Waals surface area contributed by atoms with E-state index in [4.69, 9.17) is 33.2 Å². The second-order valence-electron chi connectivity index (χ2n) is 16.6. The lowest BCUT2D eigenvalue weighted by Gasteiger charge is -2.50. The van der Waals surface area contributed by atoms with E-state index in [0.717, 1.165) is 0 Å². The fourth-order valence-corrected chi connectivity index (χ4v) is 8.58. The van der Waals surface area contributed by atoms with E-state index in [1.807, 2.05) is 32.8 Å². The Balaban J connectivity index is 2.22. The first-order chi connectivity index (χ1) is 24.0. The molecule has 0 aromatic carbocycles. The molecule has 0 aromatic heterocycles. The summed E-state index contributed by atoms with van der Waals surface area (Å²) < 4.78 is 43.9. The van der Waals surface area contributed by atoms with Crippen molar-refractivity contribution >= 4 is 11.8 Å². The predicted molar refractivity (Wildman–Crippen MR) is 191 cm³/mol. The molecule has 18 atom stereocenters. The fraction of sp³-hybridized carbons (Fsp3) is 0.947. The van der Waals surface area contributed by atoms with Crippen LogP contribution in [0.15, 0.2) is 0 Å². The second kappa shape index (κ2) is 17.7. The monoisotopic (exact) mass is 747 g/mol. The van der Waals surface area contributed by atoms with Crippen LogP contribution >= 0.6 is 0 Å². The summed E-state index contributed by atoms with van der Waals surface area (Å²) in [6, 6.07) is -0.283. The topological polar surface area (TPSA) is 183 Å². The number of ether oxygens (including phenoxy) is 7. The Hall–Kier alpha value is -1.30. The molecule has 0 aromatic rings. The third-order valence-corrected chi connectivity index (χ3v) is 12.3. The Morgan fingerprint density at radius 3 is 1.98 bits per heavy atom. The van der Waals surface area contributed by atoms with Crippen LogP contribution in [0.2, 0.25) is 0 Å². The summed E-state index contributed by atoms with van der Waals surface area (Å²) in [4.78, 5) is 30.1. The van der Waals surface area contributed by atoms with Crippen LogP contribution in [0.25, 0.3) is 0 Å². The van der Waals surface area contributed by atoms with Gasteiger partial charge in [0.1, 0.15) is 29.7 Å². The highest BCUT2D eigenvalue weighted by atomic mass is 16.7. The second-order valence-corrected chi connectivity index (χ2v) is 16.6. The largest absolute Gasteiger partial charge is 0.459 e. The molecule has 0 radical (unpaired) electrons. The number of carbonyl (C=O) groups is 2. The first kappa shape index (κ1) is 45.1. The Bertz CT molecular complexity index is 1190. The Kier molecular flexibility index (Phi) is 15.3. The predicted octanol–water partition coefficient (Wildman–Crippen LogP) is 2.44. The number of rotatable bonds is 8. The molecule has 304 valence electrons. The molecule has 0 bridgehead atoms. The number of hydrogen-bond donors (Lipinski definition) is 4. The summed E-state index contributed by atoms with van der Waals surface area (Å²) in [7, 11) is 6.77. The molecule has 14 nitrogen and oxygen atoms in total. The number of Topliss-reactive ketones (excluding diaryl/α,β-unsaturated/α-hetero) is 1. The van der Waals surface area contributed by atoms with Gasteiger partial charge in [0.05, 0.1) is 47.6 Å². The maximum atomic E-state index is 14.2. The summed E-state index contributed by atoms with van der Waals surface area (Å²) >= 11 is 0. The van der Waals surface area contributed by atoms with Crippen LogP contribution in [-0.4, -0.2) is 150 Å². The van der Waals surface area contributed by atoms with Gasteiger partial charge in [0.15, 0.2) is 12.6 Å². The van der Waals surface area contributed by atoms with Gasteiger partial charge >= 0.3 is 5.97 Å². The zero-order chi connectivity index (χ0) is 39.7. The van der Waals surface area contributed by atoms with Gasteiger partial charge in [-0.15, -0.1) is 0 Å². The summed E-state index contributed by atoms with van der Waals surface area (Å²) in [5.41, 5.74) is -4.24. The summed E-state index contributed by atoms with van der Waals surface area (Å²) in [5, 5.41) is 45.6. The molecule has 0 amide bonds. The van der Waals surface area contributed by atoms with Gasteiger partial charge in [0, 0.05) is 44.4 Å². The van der Waals surface area contributed by atoms with E-state index in [1.54, 1.807) is 48.5 Å². The lowest BCUT2D eigenvalue weighted by molar-refractivity contribution is -0.319. The van der Waals surface area contributed by atoms with E-state index in [2.05, 4.69) is 0 Å². The average Bonchev–Trinajstić information content (AvgIpc) is 3.09. The molecule has 3 rings (SSSR count). The number of methoxy groups -OCH3 is 2. The van der Waals surface area contributed by atoms with Crippen molar-refractivity contribution in [2.24, 2.45) is 23.7 Å². The van der Waals surface area contributed by atoms with Gasteiger partial charge in [-0.25, -0.2) is 0 Å². The number of esters is 1. The smallest absolute Gasteiger partial charge is 0.311 e. The van der Waals surface area contributed by atoms with E-state index >= 15 is 0 Å². The molecular formula is C38H69NO13. The minimum atomic E-state index is -1.96. The maximum Gasteiger partial charge on any atom is 0.311 e. The number of likely N-dealkylation sites (N-methyl/N-ethyl adjacent to an activating group) is 1. The van der Waals surface area contributed by atoms with Crippen LogP contribution in [-0.2, 0) is 42.7 Å². The third-order valence-electron chi connectivity index (χ3n) is 12.3. The van der Waals surface area contributed by atoms with Gasteiger partial charge in [-0.1, -0.05) is 27.7 Å². The van der Waals surface area contributed by atoms with E-state index in [0.29, 0.717) is 6.42 Å². The van der Waals surface area contributed by atoms with Crippen molar-refractivity contribution in [3.8, 4) is 0 Å². The quantitative estimate of drug-likeness (QED) is 0.266. The minimum Gasteiger partial charge on any atom is -0.459 e. The molecule has 0 aliphatic carbocycles. The maximum absolute atomic E-state index is 14.2. The van der Waals surface area contributed by atoms with Crippen LogP contribution in [0.4, 0.5) is 0 Å². The molecule has 0 spiro atoms. The van der Waals surface area contributed by atoms with Crippen LogP contribution < -0.4 is 0 Å². The first-order valence-corrected chi connectivity index (χ1v) is 18.9. The lowest BCUT2D eigenvalue weighted by atomic mass is 9.74. The molecule has 10 unspecified atom stereocenters. The van der Waals surface area contributed by atoms with Crippen LogP contribution in [0.1, 0.15) is 94.9 Å². The fourth-order valence-electron chi connectivity index (χ4n) is 8.58. The number of aliphatic hydroxyl groups excluding tert-OH is 3. The third kappa shape index (κ3) is 9.38. The molecule has 52 heavy (non-hydrogen) atoms. The van der Waals surface area contributed by atoms with Gasteiger partial charge in [-0.2, -0.15) is 0 Å². The van der Waals surface area contributed by atoms with Gasteiger partial charge in [0.25, 0.3) is 0 Å². The van der Waals surface area contributed by atoms with E-state index in [-0.39, 0.29) is 37.2 Å². The zero-order valence-corrected chi connectivity index (χ0v) is 33.9. The summed E-state index contributed by atoms with van der Waals surface area (Å²) in [5.74, 6) is -4.47. The average molecular weight is 748 g/mol. The highest BCUT2D eigenvalue weighted by molar-refractivity contribution is 5.83. The van der Waals surface area contributed by atoms with Gasteiger partial charge in [0.2, 0.25) is 0 Å². The van der Waals surface area contributed by atoms with Crippen molar-refractivity contribution in [2.45, 2.75) is 179 Å². The number of hydrogen-bond acceptors (Lipinski definition) is 14. The number of aliphatic hydroxyl groups is 4. The molecule has 3 saturated heterocycles. The van der Waals surface area contributed by atoms with Gasteiger partial charge < -0.3 is 58.5 Å². The number of cyclic esters (lactones) is 1. The zero-order valence-electron chi connectivity index (χ0n) is 33.9. The van der Waals surface area contributed by atoms with E-state index in [9.17, 15) is 30.0 Å².